The maximum atomic E-state index is 6.48. The van der Waals surface area contributed by atoms with Crippen LogP contribution in [0.3, 0.4) is 0 Å². The molecule has 1 unspecified atom stereocenters. The molecule has 138 valence electrons. The van der Waals surface area contributed by atoms with Gasteiger partial charge < -0.3 is 9.32 Å². The monoisotopic (exact) mass is 373 g/mol. The third-order valence-electron chi connectivity index (χ3n) is 6.60. The van der Waals surface area contributed by atoms with Crippen molar-refractivity contribution in [3.8, 4) is 11.1 Å². The molecule has 0 fully saturated rings. The maximum Gasteiger partial charge on any atom is 0.140 e. The molecule has 3 heterocycles. The van der Waals surface area contributed by atoms with Crippen LogP contribution in [0, 0.1) is 0 Å². The molecule has 5 aromatic rings. The van der Waals surface area contributed by atoms with Crippen molar-refractivity contribution in [1.29, 1.82) is 0 Å². The van der Waals surface area contributed by atoms with Gasteiger partial charge in [0.25, 0.3) is 0 Å². The Balaban J connectivity index is 1.49. The van der Waals surface area contributed by atoms with Crippen LogP contribution < -0.4 is 4.90 Å². The van der Waals surface area contributed by atoms with E-state index in [1.165, 1.54) is 44.4 Å². The summed E-state index contributed by atoms with van der Waals surface area (Å²) >= 11 is 0. The van der Waals surface area contributed by atoms with Crippen molar-refractivity contribution >= 4 is 33.3 Å². The van der Waals surface area contributed by atoms with Gasteiger partial charge in [0, 0.05) is 33.8 Å². The van der Waals surface area contributed by atoms with Gasteiger partial charge in [-0.1, -0.05) is 60.7 Å². The molecule has 2 aliphatic heterocycles. The van der Waals surface area contributed by atoms with Crippen molar-refractivity contribution in [2.24, 2.45) is 0 Å². The van der Waals surface area contributed by atoms with E-state index in [2.05, 4.69) is 89.8 Å². The van der Waals surface area contributed by atoms with Gasteiger partial charge >= 0.3 is 0 Å². The predicted molar refractivity (Wildman–Crippen MR) is 119 cm³/mol. The fourth-order valence-corrected chi connectivity index (χ4v) is 5.40. The van der Waals surface area contributed by atoms with Crippen molar-refractivity contribution in [2.75, 3.05) is 4.90 Å². The highest BCUT2D eigenvalue weighted by Crippen LogP contribution is 2.49. The molecule has 0 bridgehead atoms. The van der Waals surface area contributed by atoms with Gasteiger partial charge in [0.1, 0.15) is 11.2 Å². The number of hydrogen-bond donors (Lipinski definition) is 0. The van der Waals surface area contributed by atoms with Gasteiger partial charge in [0.2, 0.25) is 0 Å². The van der Waals surface area contributed by atoms with Crippen LogP contribution in [-0.4, -0.2) is 6.04 Å². The maximum absolute atomic E-state index is 6.48. The van der Waals surface area contributed by atoms with Crippen molar-refractivity contribution in [3.05, 3.63) is 96.1 Å². The summed E-state index contributed by atoms with van der Waals surface area (Å²) < 4.78 is 6.48. The highest BCUT2D eigenvalue weighted by Gasteiger charge is 2.38. The predicted octanol–water partition coefficient (Wildman–Crippen LogP) is 6.87. The Hall–Kier alpha value is -3.52. The number of hydrogen-bond acceptors (Lipinski definition) is 2. The molecule has 4 aromatic carbocycles. The topological polar surface area (TPSA) is 16.4 Å². The summed E-state index contributed by atoms with van der Waals surface area (Å²) in [4.78, 5) is 2.52. The SMILES string of the molecule is c1ccc(-c2cccc3oc4c5c(ccc4c23)N2c3ccccc3CC2C5)cc1. The van der Waals surface area contributed by atoms with Crippen LogP contribution in [0.1, 0.15) is 11.1 Å². The smallest absolute Gasteiger partial charge is 0.140 e. The number of benzene rings is 4. The van der Waals surface area contributed by atoms with E-state index in [0.717, 1.165) is 24.0 Å². The number of fused-ring (bicyclic) bond motifs is 9. The second-order valence-corrected chi connectivity index (χ2v) is 8.15. The van der Waals surface area contributed by atoms with E-state index in [0.29, 0.717) is 6.04 Å². The van der Waals surface area contributed by atoms with E-state index < -0.39 is 0 Å². The largest absolute Gasteiger partial charge is 0.456 e. The Morgan fingerprint density at radius 1 is 0.724 bits per heavy atom. The zero-order valence-electron chi connectivity index (χ0n) is 15.9. The van der Waals surface area contributed by atoms with E-state index >= 15 is 0 Å². The third kappa shape index (κ3) is 2.01. The summed E-state index contributed by atoms with van der Waals surface area (Å²) in [5.41, 5.74) is 10.00. The third-order valence-corrected chi connectivity index (χ3v) is 6.60. The van der Waals surface area contributed by atoms with Gasteiger partial charge in [-0.15, -0.1) is 0 Å². The molecule has 0 N–H and O–H groups in total. The van der Waals surface area contributed by atoms with Crippen molar-refractivity contribution in [3.63, 3.8) is 0 Å². The second-order valence-electron chi connectivity index (χ2n) is 8.15. The fourth-order valence-electron chi connectivity index (χ4n) is 5.40. The first kappa shape index (κ1) is 15.4. The summed E-state index contributed by atoms with van der Waals surface area (Å²) in [6.45, 7) is 0. The Kier molecular flexibility index (Phi) is 2.93. The first-order chi connectivity index (χ1) is 14.4. The quantitative estimate of drug-likeness (QED) is 0.319. The highest BCUT2D eigenvalue weighted by atomic mass is 16.3. The summed E-state index contributed by atoms with van der Waals surface area (Å²) in [7, 11) is 0. The Morgan fingerprint density at radius 3 is 2.52 bits per heavy atom. The minimum atomic E-state index is 0.509. The second kappa shape index (κ2) is 5.51. The lowest BCUT2D eigenvalue weighted by Crippen LogP contribution is -2.22. The van der Waals surface area contributed by atoms with Crippen molar-refractivity contribution in [1.82, 2.24) is 0 Å². The summed E-state index contributed by atoms with van der Waals surface area (Å²) in [5.74, 6) is 0. The number of rotatable bonds is 1. The molecule has 0 saturated carbocycles. The minimum absolute atomic E-state index is 0.509. The van der Waals surface area contributed by atoms with Gasteiger partial charge in [-0.3, -0.25) is 0 Å². The van der Waals surface area contributed by atoms with E-state index in [9.17, 15) is 0 Å². The average molecular weight is 373 g/mol. The summed E-state index contributed by atoms with van der Waals surface area (Å²) in [6.07, 6.45) is 2.16. The van der Waals surface area contributed by atoms with Crippen LogP contribution in [0.15, 0.2) is 89.3 Å². The lowest BCUT2D eigenvalue weighted by atomic mass is 9.97. The fraction of sp³-hybridized carbons (Fsp3) is 0.111. The first-order valence-corrected chi connectivity index (χ1v) is 10.3. The number of para-hydroxylation sites is 1. The van der Waals surface area contributed by atoms with Crippen LogP contribution in [-0.2, 0) is 12.8 Å². The van der Waals surface area contributed by atoms with Gasteiger partial charge in [-0.2, -0.15) is 0 Å². The van der Waals surface area contributed by atoms with Gasteiger partial charge in [-0.05, 0) is 53.8 Å². The van der Waals surface area contributed by atoms with Crippen LogP contribution in [0.2, 0.25) is 0 Å². The molecule has 0 spiro atoms. The van der Waals surface area contributed by atoms with E-state index in [-0.39, 0.29) is 0 Å². The zero-order valence-corrected chi connectivity index (χ0v) is 15.9. The minimum Gasteiger partial charge on any atom is -0.456 e. The normalized spacial score (nSPS) is 17.0. The molecular weight excluding hydrogens is 354 g/mol. The summed E-state index contributed by atoms with van der Waals surface area (Å²) in [5, 5.41) is 2.46. The molecular formula is C27H19NO. The Labute approximate surface area is 169 Å². The summed E-state index contributed by atoms with van der Waals surface area (Å²) in [6, 6.07) is 30.9. The molecule has 0 amide bonds. The molecule has 0 aliphatic carbocycles. The van der Waals surface area contributed by atoms with E-state index in [4.69, 9.17) is 4.42 Å². The number of furan rings is 1. The lowest BCUT2D eigenvalue weighted by molar-refractivity contribution is 0.658. The van der Waals surface area contributed by atoms with Crippen molar-refractivity contribution < 1.29 is 4.42 Å². The van der Waals surface area contributed by atoms with Crippen LogP contribution >= 0.6 is 0 Å². The van der Waals surface area contributed by atoms with E-state index in [1.54, 1.807) is 0 Å². The van der Waals surface area contributed by atoms with Gasteiger partial charge in [0.15, 0.2) is 0 Å². The van der Waals surface area contributed by atoms with Crippen LogP contribution in [0.25, 0.3) is 33.1 Å². The van der Waals surface area contributed by atoms with Crippen LogP contribution in [0.5, 0.6) is 0 Å². The molecule has 7 rings (SSSR count). The number of nitrogens with zero attached hydrogens (tertiary/aromatic N) is 1. The standard InChI is InChI=1S/C27H19NO/c1-2-7-17(8-3-1)20-10-6-12-25-26(20)21-13-14-24-22(27(21)29-25)16-19-15-18-9-4-5-11-23(18)28(19)24/h1-14,19H,15-16H2. The van der Waals surface area contributed by atoms with Gasteiger partial charge in [-0.25, -0.2) is 0 Å². The van der Waals surface area contributed by atoms with E-state index in [1.807, 2.05) is 0 Å². The molecule has 0 radical (unpaired) electrons. The molecule has 0 saturated heterocycles. The lowest BCUT2D eigenvalue weighted by Gasteiger charge is -2.20. The molecule has 1 aromatic heterocycles. The number of anilines is 2. The Bertz CT molecular complexity index is 1410. The first-order valence-electron chi connectivity index (χ1n) is 10.3. The molecule has 2 heteroatoms. The zero-order chi connectivity index (χ0) is 18.9. The molecule has 1 atom stereocenters. The van der Waals surface area contributed by atoms with Crippen molar-refractivity contribution in [2.45, 2.75) is 18.9 Å². The molecule has 29 heavy (non-hydrogen) atoms. The average Bonchev–Trinajstić information content (AvgIpc) is 3.43. The molecule has 2 aliphatic rings. The molecule has 2 nitrogen and oxygen atoms in total. The highest BCUT2D eigenvalue weighted by molar-refractivity contribution is 6.14. The van der Waals surface area contributed by atoms with Crippen LogP contribution in [0.4, 0.5) is 11.4 Å². The van der Waals surface area contributed by atoms with Gasteiger partial charge in [0.05, 0.1) is 0 Å². The Morgan fingerprint density at radius 2 is 1.59 bits per heavy atom.